The van der Waals surface area contributed by atoms with Crippen LogP contribution >= 0.6 is 0 Å². The molecule has 1 amide bonds. The second-order valence-electron chi connectivity index (χ2n) is 5.74. The maximum atomic E-state index is 13.1. The van der Waals surface area contributed by atoms with Gasteiger partial charge in [-0.1, -0.05) is 20.8 Å². The number of amides is 1. The molecule has 1 aliphatic heterocycles. The summed E-state index contributed by atoms with van der Waals surface area (Å²) in [5.41, 5.74) is -0.425. The largest absolute Gasteiger partial charge is 0.354 e. The minimum absolute atomic E-state index is 0.0160. The Kier molecular flexibility index (Phi) is 4.47. The molecule has 0 spiro atoms. The first-order valence-electron chi connectivity index (χ1n) is 6.09. The van der Waals surface area contributed by atoms with E-state index in [0.29, 0.717) is 26.1 Å². The number of halogens is 2. The van der Waals surface area contributed by atoms with Gasteiger partial charge in [0.2, 0.25) is 5.91 Å². The minimum Gasteiger partial charge on any atom is -0.354 e. The fourth-order valence-corrected chi connectivity index (χ4v) is 1.83. The van der Waals surface area contributed by atoms with Crippen molar-refractivity contribution in [3.63, 3.8) is 0 Å². The Bertz CT molecular complexity index is 274. The van der Waals surface area contributed by atoms with Gasteiger partial charge in [0.05, 0.1) is 6.54 Å². The zero-order valence-corrected chi connectivity index (χ0v) is 10.9. The zero-order valence-electron chi connectivity index (χ0n) is 10.9. The lowest BCUT2D eigenvalue weighted by molar-refractivity contribution is -0.128. The summed E-state index contributed by atoms with van der Waals surface area (Å²) < 4.78 is 26.2. The monoisotopic (exact) mass is 248 g/mol. The number of nitrogens with zero attached hydrogens (tertiary/aromatic N) is 1. The normalized spacial score (nSPS) is 21.2. The van der Waals surface area contributed by atoms with Gasteiger partial charge in [0, 0.05) is 24.9 Å². The first kappa shape index (κ1) is 14.4. The van der Waals surface area contributed by atoms with Crippen LogP contribution in [0.5, 0.6) is 0 Å². The Hall–Kier alpha value is -0.710. The maximum absolute atomic E-state index is 13.1. The van der Waals surface area contributed by atoms with Gasteiger partial charge in [-0.25, -0.2) is 8.78 Å². The molecule has 0 aromatic heterocycles. The molecule has 1 N–H and O–H groups in total. The quantitative estimate of drug-likeness (QED) is 0.827. The van der Waals surface area contributed by atoms with Crippen molar-refractivity contribution >= 4 is 5.91 Å². The Morgan fingerprint density at radius 3 is 2.59 bits per heavy atom. The second kappa shape index (κ2) is 5.29. The smallest absolute Gasteiger partial charge is 0.260 e. The van der Waals surface area contributed by atoms with Crippen molar-refractivity contribution in [2.75, 3.05) is 26.2 Å². The summed E-state index contributed by atoms with van der Waals surface area (Å²) in [5.74, 6) is -2.60. The molecule has 0 aromatic rings. The molecule has 17 heavy (non-hydrogen) atoms. The molecule has 0 bridgehead atoms. The van der Waals surface area contributed by atoms with E-state index in [1.165, 1.54) is 0 Å². The minimum atomic E-state index is -2.56. The van der Waals surface area contributed by atoms with Crippen molar-refractivity contribution in [3.8, 4) is 0 Å². The van der Waals surface area contributed by atoms with Gasteiger partial charge in [-0.3, -0.25) is 9.69 Å². The van der Waals surface area contributed by atoms with Gasteiger partial charge in [-0.05, 0) is 13.0 Å². The van der Waals surface area contributed by atoms with Crippen molar-refractivity contribution in [3.05, 3.63) is 0 Å². The Morgan fingerprint density at radius 2 is 2.06 bits per heavy atom. The first-order valence-corrected chi connectivity index (χ1v) is 6.09. The number of rotatable bonds is 3. The highest BCUT2D eigenvalue weighted by Gasteiger charge is 2.34. The topological polar surface area (TPSA) is 32.3 Å². The van der Waals surface area contributed by atoms with Gasteiger partial charge in [0.1, 0.15) is 0 Å². The van der Waals surface area contributed by atoms with Crippen molar-refractivity contribution in [1.82, 2.24) is 10.2 Å². The Balaban J connectivity index is 2.25. The molecule has 1 saturated heterocycles. The van der Waals surface area contributed by atoms with E-state index in [9.17, 15) is 13.6 Å². The summed E-state index contributed by atoms with van der Waals surface area (Å²) in [7, 11) is 0. The molecule has 0 atom stereocenters. The molecule has 0 aliphatic carbocycles. The highest BCUT2D eigenvalue weighted by molar-refractivity contribution is 5.81. The van der Waals surface area contributed by atoms with Crippen LogP contribution in [0.3, 0.4) is 0 Å². The van der Waals surface area contributed by atoms with Crippen LogP contribution in [0.25, 0.3) is 0 Å². The van der Waals surface area contributed by atoms with Crippen molar-refractivity contribution in [2.24, 2.45) is 5.41 Å². The lowest BCUT2D eigenvalue weighted by Gasteiger charge is -2.32. The third kappa shape index (κ3) is 4.98. The SMILES string of the molecule is CC(C)(C)C(=O)NCCN1CCCC(F)(F)C1. The standard InChI is InChI=1S/C12H22F2N2O/c1-11(2,3)10(17)15-6-8-16-7-4-5-12(13,14)9-16/h4-9H2,1-3H3,(H,15,17). The van der Waals surface area contributed by atoms with Crippen LogP contribution < -0.4 is 5.32 Å². The predicted octanol–water partition coefficient (Wildman–Crippen LogP) is 1.88. The third-order valence-electron chi connectivity index (χ3n) is 2.87. The van der Waals surface area contributed by atoms with E-state index in [2.05, 4.69) is 5.32 Å². The molecule has 3 nitrogen and oxygen atoms in total. The molecule has 0 radical (unpaired) electrons. The molecule has 1 fully saturated rings. The number of carbonyl (C=O) groups is 1. The Labute approximate surface area is 102 Å². The van der Waals surface area contributed by atoms with Gasteiger partial charge >= 0.3 is 0 Å². The molecule has 100 valence electrons. The van der Waals surface area contributed by atoms with Crippen LogP contribution in [0.2, 0.25) is 0 Å². The molecule has 0 saturated carbocycles. The summed E-state index contributed by atoms with van der Waals surface area (Å²) in [5, 5.41) is 2.77. The fraction of sp³-hybridized carbons (Fsp3) is 0.917. The molecule has 0 unspecified atom stereocenters. The van der Waals surface area contributed by atoms with Crippen LogP contribution in [0.1, 0.15) is 33.6 Å². The number of piperidine rings is 1. The molecular weight excluding hydrogens is 226 g/mol. The summed E-state index contributed by atoms with van der Waals surface area (Å²) >= 11 is 0. The van der Waals surface area contributed by atoms with E-state index < -0.39 is 11.3 Å². The zero-order chi connectivity index (χ0) is 13.1. The van der Waals surface area contributed by atoms with Gasteiger partial charge in [-0.15, -0.1) is 0 Å². The second-order valence-corrected chi connectivity index (χ2v) is 5.74. The highest BCUT2D eigenvalue weighted by atomic mass is 19.3. The van der Waals surface area contributed by atoms with Crippen LogP contribution in [0.4, 0.5) is 8.78 Å². The molecule has 1 rings (SSSR count). The van der Waals surface area contributed by atoms with Crippen molar-refractivity contribution in [1.29, 1.82) is 0 Å². The number of carbonyl (C=O) groups excluding carboxylic acids is 1. The van der Waals surface area contributed by atoms with Gasteiger partial charge in [-0.2, -0.15) is 0 Å². The van der Waals surface area contributed by atoms with Crippen LogP contribution in [0.15, 0.2) is 0 Å². The lowest BCUT2D eigenvalue weighted by Crippen LogP contribution is -2.46. The first-order chi connectivity index (χ1) is 7.71. The summed E-state index contributed by atoms with van der Waals surface area (Å²) in [6.45, 7) is 6.94. The lowest BCUT2D eigenvalue weighted by atomic mass is 9.96. The van der Waals surface area contributed by atoms with E-state index in [1.807, 2.05) is 20.8 Å². The number of hydrogen-bond acceptors (Lipinski definition) is 2. The third-order valence-corrected chi connectivity index (χ3v) is 2.87. The maximum Gasteiger partial charge on any atom is 0.260 e. The Morgan fingerprint density at radius 1 is 1.41 bits per heavy atom. The van der Waals surface area contributed by atoms with E-state index >= 15 is 0 Å². The van der Waals surface area contributed by atoms with Gasteiger partial charge in [0.15, 0.2) is 0 Å². The summed E-state index contributed by atoms with van der Waals surface area (Å²) in [4.78, 5) is 13.3. The van der Waals surface area contributed by atoms with E-state index in [1.54, 1.807) is 4.90 Å². The average molecular weight is 248 g/mol. The van der Waals surface area contributed by atoms with E-state index in [4.69, 9.17) is 0 Å². The summed E-state index contributed by atoms with van der Waals surface area (Å²) in [6.07, 6.45) is 0.512. The molecule has 5 heteroatoms. The fourth-order valence-electron chi connectivity index (χ4n) is 1.83. The highest BCUT2D eigenvalue weighted by Crippen LogP contribution is 2.26. The molecule has 1 aliphatic rings. The van der Waals surface area contributed by atoms with Crippen LogP contribution in [-0.2, 0) is 4.79 Å². The number of likely N-dealkylation sites (tertiary alicyclic amines) is 1. The number of nitrogens with one attached hydrogen (secondary N) is 1. The van der Waals surface area contributed by atoms with Crippen molar-refractivity contribution < 1.29 is 13.6 Å². The average Bonchev–Trinajstić information content (AvgIpc) is 2.14. The number of hydrogen-bond donors (Lipinski definition) is 1. The van der Waals surface area contributed by atoms with E-state index in [0.717, 1.165) is 0 Å². The van der Waals surface area contributed by atoms with Gasteiger partial charge < -0.3 is 5.32 Å². The molecule has 0 aromatic carbocycles. The number of alkyl halides is 2. The van der Waals surface area contributed by atoms with Gasteiger partial charge in [0.25, 0.3) is 5.92 Å². The van der Waals surface area contributed by atoms with Crippen LogP contribution in [-0.4, -0.2) is 42.9 Å². The summed E-state index contributed by atoms with van der Waals surface area (Å²) in [6, 6.07) is 0. The molecular formula is C12H22F2N2O. The predicted molar refractivity (Wildman–Crippen MR) is 63.1 cm³/mol. The van der Waals surface area contributed by atoms with Crippen molar-refractivity contribution in [2.45, 2.75) is 39.5 Å². The van der Waals surface area contributed by atoms with Crippen LogP contribution in [0, 0.1) is 5.41 Å². The molecule has 1 heterocycles. The van der Waals surface area contributed by atoms with E-state index in [-0.39, 0.29) is 18.9 Å².